The van der Waals surface area contributed by atoms with Gasteiger partial charge in [-0.1, -0.05) is 12.1 Å². The van der Waals surface area contributed by atoms with Crippen LogP contribution in [0.2, 0.25) is 0 Å². The average Bonchev–Trinajstić information content (AvgIpc) is 3.43. The topological polar surface area (TPSA) is 125 Å². The van der Waals surface area contributed by atoms with Crippen molar-refractivity contribution in [1.29, 1.82) is 0 Å². The Morgan fingerprint density at radius 1 is 1.09 bits per heavy atom. The predicted octanol–water partition coefficient (Wildman–Crippen LogP) is 5.87. The molecule has 3 aliphatic heterocycles. The zero-order valence-corrected chi connectivity index (χ0v) is 26.3. The summed E-state index contributed by atoms with van der Waals surface area (Å²) < 4.78 is 11.2. The van der Waals surface area contributed by atoms with Gasteiger partial charge in [0.05, 0.1) is 16.5 Å². The molecule has 1 atom stereocenters. The fraction of sp³-hybridized carbons (Fsp3) is 0.562. The van der Waals surface area contributed by atoms with E-state index in [1.807, 2.05) is 18.7 Å². The highest BCUT2D eigenvalue weighted by Crippen LogP contribution is 2.47. The second kappa shape index (κ2) is 11.6. The maximum absolute atomic E-state index is 13.9. The number of piperidine rings is 2. The van der Waals surface area contributed by atoms with Crippen LogP contribution in [-0.2, 0) is 14.3 Å². The molecule has 0 aliphatic carbocycles. The fourth-order valence-corrected chi connectivity index (χ4v) is 7.68. The number of thiophene rings is 1. The van der Waals surface area contributed by atoms with Gasteiger partial charge in [0, 0.05) is 37.0 Å². The summed E-state index contributed by atoms with van der Waals surface area (Å²) in [5.74, 6) is -1.27. The molecule has 5 rings (SSSR count). The van der Waals surface area contributed by atoms with Crippen molar-refractivity contribution in [3.8, 4) is 10.4 Å². The van der Waals surface area contributed by atoms with Crippen LogP contribution in [0.5, 0.6) is 0 Å². The van der Waals surface area contributed by atoms with Crippen LogP contribution in [0.15, 0.2) is 30.3 Å². The maximum Gasteiger partial charge on any atom is 0.412 e. The lowest BCUT2D eigenvalue weighted by atomic mass is 9.74. The summed E-state index contributed by atoms with van der Waals surface area (Å²) >= 11 is 1.25. The van der Waals surface area contributed by atoms with Gasteiger partial charge in [-0.25, -0.2) is 9.59 Å². The Bertz CT molecular complexity index is 1400. The molecule has 3 aliphatic rings. The molecule has 2 aromatic rings. The minimum absolute atomic E-state index is 0.0781. The molecule has 0 radical (unpaired) electrons. The molecule has 2 amide bonds. The third kappa shape index (κ3) is 6.88. The van der Waals surface area contributed by atoms with E-state index >= 15 is 0 Å². The third-order valence-electron chi connectivity index (χ3n) is 8.43. The van der Waals surface area contributed by atoms with Gasteiger partial charge in [-0.05, 0) is 90.6 Å². The molecule has 10 nitrogen and oxygen atoms in total. The number of aromatic carboxylic acids is 1. The zero-order chi connectivity index (χ0) is 31.2. The van der Waals surface area contributed by atoms with Gasteiger partial charge in [0.25, 0.3) is 5.91 Å². The van der Waals surface area contributed by atoms with Gasteiger partial charge >= 0.3 is 18.0 Å². The predicted molar refractivity (Wildman–Crippen MR) is 164 cm³/mol. The Morgan fingerprint density at radius 3 is 2.35 bits per heavy atom. The molecule has 2 N–H and O–H groups in total. The Kier molecular flexibility index (Phi) is 8.34. The highest BCUT2D eigenvalue weighted by Gasteiger charge is 2.54. The van der Waals surface area contributed by atoms with E-state index in [0.29, 0.717) is 30.2 Å². The van der Waals surface area contributed by atoms with Gasteiger partial charge in [-0.15, -0.1) is 11.3 Å². The van der Waals surface area contributed by atoms with Gasteiger partial charge in [0.1, 0.15) is 16.2 Å². The maximum atomic E-state index is 13.9. The monoisotopic (exact) mass is 611 g/mol. The number of nitrogens with zero attached hydrogens (tertiary/aromatic N) is 2. The van der Waals surface area contributed by atoms with Crippen molar-refractivity contribution in [2.45, 2.75) is 84.0 Å². The van der Waals surface area contributed by atoms with Gasteiger partial charge in [-0.3, -0.25) is 19.8 Å². The molecule has 1 spiro atoms. The van der Waals surface area contributed by atoms with Crippen LogP contribution in [0.4, 0.5) is 9.80 Å². The lowest BCUT2D eigenvalue weighted by molar-refractivity contribution is -0.154. The summed E-state index contributed by atoms with van der Waals surface area (Å²) in [4.78, 5) is 55.7. The number of rotatable bonds is 5. The Morgan fingerprint density at radius 2 is 1.77 bits per heavy atom. The van der Waals surface area contributed by atoms with E-state index in [9.17, 15) is 24.3 Å². The fourth-order valence-electron chi connectivity index (χ4n) is 6.64. The number of benzene rings is 1. The number of carboxylic acid groups (broad SMARTS) is 1. The van der Waals surface area contributed by atoms with Crippen LogP contribution in [0.25, 0.3) is 10.4 Å². The van der Waals surface area contributed by atoms with Gasteiger partial charge < -0.3 is 19.5 Å². The lowest BCUT2D eigenvalue weighted by Gasteiger charge is -2.44. The van der Waals surface area contributed by atoms with E-state index < -0.39 is 28.7 Å². The zero-order valence-electron chi connectivity index (χ0n) is 25.5. The normalized spacial score (nSPS) is 22.8. The number of anilines is 1. The Hall–Kier alpha value is -3.44. The van der Waals surface area contributed by atoms with E-state index in [1.165, 1.54) is 23.5 Å². The highest BCUT2D eigenvalue weighted by atomic mass is 32.1. The molecule has 3 saturated heterocycles. The Balaban J connectivity index is 1.30. The third-order valence-corrected chi connectivity index (χ3v) is 9.53. The van der Waals surface area contributed by atoms with Crippen molar-refractivity contribution < 1.29 is 33.8 Å². The molecule has 11 heteroatoms. The summed E-state index contributed by atoms with van der Waals surface area (Å²) in [6.07, 6.45) is 3.48. The number of hydrogen-bond acceptors (Lipinski definition) is 8. The summed E-state index contributed by atoms with van der Waals surface area (Å²) in [6, 6.07) is 8.45. The van der Waals surface area contributed by atoms with E-state index in [-0.39, 0.29) is 23.5 Å². The average molecular weight is 612 g/mol. The number of amides is 2. The van der Waals surface area contributed by atoms with Crippen LogP contribution in [0.1, 0.15) is 87.4 Å². The number of ether oxygens (including phenoxy) is 2. The lowest BCUT2D eigenvalue weighted by Crippen LogP contribution is -2.53. The number of carboxylic acids is 1. The number of carbonyl (C=O) groups is 4. The summed E-state index contributed by atoms with van der Waals surface area (Å²) in [7, 11) is 0. The number of hydrogen-bond donors (Lipinski definition) is 2. The van der Waals surface area contributed by atoms with E-state index in [4.69, 9.17) is 9.47 Å². The van der Waals surface area contributed by atoms with Crippen molar-refractivity contribution in [3.05, 3.63) is 41.5 Å². The van der Waals surface area contributed by atoms with Crippen LogP contribution < -0.4 is 5.32 Å². The first-order chi connectivity index (χ1) is 20.1. The molecule has 1 aromatic carbocycles. The largest absolute Gasteiger partial charge is 0.478 e. The standard InChI is InChI=1S/C32H41N3O7S/c1-30(2,3)42-29(40)33-25-23(17-24(43-25)20-7-9-21(10-8-20)27(37)38)26(36)34-15-11-22(12-16-34)35-14-6-13-32(19-35)18-31(4,5)41-28(32)39/h7-10,17,22H,6,11-16,18-19H2,1-5H3,(H,33,40)(H,37,38). The number of nitrogens with one attached hydrogen (secondary N) is 1. The van der Waals surface area contributed by atoms with E-state index in [2.05, 4.69) is 10.2 Å². The molecule has 1 unspecified atom stereocenters. The van der Waals surface area contributed by atoms with Crippen molar-refractivity contribution in [2.75, 3.05) is 31.5 Å². The smallest absolute Gasteiger partial charge is 0.412 e. The van der Waals surface area contributed by atoms with Crippen molar-refractivity contribution >= 4 is 40.3 Å². The van der Waals surface area contributed by atoms with Gasteiger partial charge in [0.2, 0.25) is 0 Å². The van der Waals surface area contributed by atoms with E-state index in [0.717, 1.165) is 49.1 Å². The molecular weight excluding hydrogens is 570 g/mol. The van der Waals surface area contributed by atoms with Gasteiger partial charge in [0.15, 0.2) is 0 Å². The first kappa shape index (κ1) is 31.0. The van der Waals surface area contributed by atoms with Crippen molar-refractivity contribution in [2.24, 2.45) is 5.41 Å². The van der Waals surface area contributed by atoms with E-state index in [1.54, 1.807) is 39.0 Å². The summed E-state index contributed by atoms with van der Waals surface area (Å²) in [5.41, 5.74) is -0.293. The highest BCUT2D eigenvalue weighted by molar-refractivity contribution is 7.20. The number of likely N-dealkylation sites (tertiary alicyclic amines) is 2. The number of esters is 1. The first-order valence-electron chi connectivity index (χ1n) is 14.9. The molecule has 1 aromatic heterocycles. The van der Waals surface area contributed by atoms with Crippen LogP contribution >= 0.6 is 11.3 Å². The second-order valence-corrected chi connectivity index (χ2v) is 14.6. The second-order valence-electron chi connectivity index (χ2n) is 13.6. The summed E-state index contributed by atoms with van der Waals surface area (Å²) in [6.45, 7) is 12.0. The van der Waals surface area contributed by atoms with Crippen molar-refractivity contribution in [3.63, 3.8) is 0 Å². The molecule has 43 heavy (non-hydrogen) atoms. The number of carbonyl (C=O) groups excluding carboxylic acids is 3. The molecule has 0 saturated carbocycles. The molecule has 0 bridgehead atoms. The summed E-state index contributed by atoms with van der Waals surface area (Å²) in [5, 5.41) is 12.4. The van der Waals surface area contributed by atoms with Crippen LogP contribution in [-0.4, -0.2) is 82.3 Å². The van der Waals surface area contributed by atoms with Crippen molar-refractivity contribution in [1.82, 2.24) is 9.80 Å². The SMILES string of the molecule is CC(C)(C)OC(=O)Nc1sc(-c2ccc(C(=O)O)cc2)cc1C(=O)N1CCC(N2CCCC3(C2)CC(C)(C)OC3=O)CC1. The van der Waals surface area contributed by atoms with Crippen LogP contribution in [0.3, 0.4) is 0 Å². The molecule has 4 heterocycles. The van der Waals surface area contributed by atoms with Crippen LogP contribution in [0, 0.1) is 5.41 Å². The minimum atomic E-state index is -1.02. The minimum Gasteiger partial charge on any atom is -0.478 e. The molecule has 3 fully saturated rings. The Labute approximate surface area is 256 Å². The first-order valence-corrected chi connectivity index (χ1v) is 15.7. The quantitative estimate of drug-likeness (QED) is 0.402. The van der Waals surface area contributed by atoms with Gasteiger partial charge in [-0.2, -0.15) is 0 Å². The molecular formula is C32H41N3O7S. The number of cyclic esters (lactones) is 1. The molecule has 232 valence electrons.